The number of carbonyl (C=O) groups excluding carboxylic acids is 3. The average Bonchev–Trinajstić information content (AvgIpc) is 3.42. The van der Waals surface area contributed by atoms with Gasteiger partial charge in [0.2, 0.25) is 5.91 Å². The van der Waals surface area contributed by atoms with E-state index in [-0.39, 0.29) is 41.3 Å². The highest BCUT2D eigenvalue weighted by molar-refractivity contribution is 6.25. The molecule has 1 aliphatic rings. The lowest BCUT2D eigenvalue weighted by atomic mass is 9.53. The van der Waals surface area contributed by atoms with Crippen LogP contribution >= 0.6 is 0 Å². The minimum Gasteiger partial charge on any atom is -0.347 e. The summed E-state index contributed by atoms with van der Waals surface area (Å²) in [5.74, 6) is -2.55. The summed E-state index contributed by atoms with van der Waals surface area (Å²) >= 11 is 0. The minimum absolute atomic E-state index is 0.0816. The molecule has 45 heavy (non-hydrogen) atoms. The fourth-order valence-electron chi connectivity index (χ4n) is 5.41. The zero-order valence-electron chi connectivity index (χ0n) is 23.9. The van der Waals surface area contributed by atoms with E-state index in [9.17, 15) is 31.9 Å². The number of anilines is 1. The lowest BCUT2D eigenvalue weighted by Crippen LogP contribution is -2.64. The first-order chi connectivity index (χ1) is 21.4. The standard InChI is InChI=1S/C32H26BF4N5O3/c1-3-25(43)38-18-24-26-29(42(40-24)23-11-6-5-7-12-23)41(4-2)30(45)27(31(26,33)20-13-15-22(34)16-14-20)39-28(44)19-9-8-10-21(17-19)32(35,36)37/h3,5-17,27H,1,4,18H2,2H3,(H,38,43)(H,39,44)/t27-,31+/m1/s1. The highest BCUT2D eigenvalue weighted by atomic mass is 19.4. The van der Waals surface area contributed by atoms with E-state index in [0.29, 0.717) is 11.8 Å². The van der Waals surface area contributed by atoms with Gasteiger partial charge >= 0.3 is 6.18 Å². The van der Waals surface area contributed by atoms with Gasteiger partial charge in [0, 0.05) is 23.0 Å². The van der Waals surface area contributed by atoms with Crippen molar-refractivity contribution in [2.24, 2.45) is 0 Å². The van der Waals surface area contributed by atoms with Gasteiger partial charge in [0.15, 0.2) is 0 Å². The number of hydrogen-bond donors (Lipinski definition) is 2. The summed E-state index contributed by atoms with van der Waals surface area (Å²) in [6, 6.07) is 15.9. The van der Waals surface area contributed by atoms with Gasteiger partial charge in [-0.15, -0.1) is 0 Å². The molecule has 0 fully saturated rings. The molecule has 13 heteroatoms. The van der Waals surface area contributed by atoms with Crippen LogP contribution in [-0.2, 0) is 27.6 Å². The molecule has 0 saturated carbocycles. The normalized spacial score (nSPS) is 17.8. The lowest BCUT2D eigenvalue weighted by molar-refractivity contribution is -0.137. The molecule has 0 unspecified atom stereocenters. The molecule has 3 aromatic carbocycles. The predicted molar refractivity (Wildman–Crippen MR) is 159 cm³/mol. The molecule has 2 heterocycles. The lowest BCUT2D eigenvalue weighted by Gasteiger charge is -2.46. The SMILES string of the molecule is [B][C@@]1(c2ccc(F)cc2)c2c(CNC(=O)C=C)nn(-c3ccccc3)c2N(CC)C(=O)[C@H]1NC(=O)c1cccc(C(F)(F)F)c1. The first kappa shape index (κ1) is 31.2. The van der Waals surface area contributed by atoms with Crippen molar-refractivity contribution < 1.29 is 31.9 Å². The van der Waals surface area contributed by atoms with E-state index in [1.54, 1.807) is 37.3 Å². The summed E-state index contributed by atoms with van der Waals surface area (Å²) in [4.78, 5) is 41.4. The van der Waals surface area contributed by atoms with Crippen molar-refractivity contribution in [3.05, 3.63) is 125 Å². The maximum Gasteiger partial charge on any atom is 0.416 e. The quantitative estimate of drug-likeness (QED) is 0.175. The molecule has 3 amide bonds. The number of benzene rings is 3. The van der Waals surface area contributed by atoms with E-state index in [1.165, 1.54) is 27.8 Å². The Morgan fingerprint density at radius 1 is 1.07 bits per heavy atom. The number of nitrogens with one attached hydrogen (secondary N) is 2. The zero-order valence-corrected chi connectivity index (χ0v) is 23.9. The molecule has 0 bridgehead atoms. The number of amides is 3. The Morgan fingerprint density at radius 3 is 2.38 bits per heavy atom. The van der Waals surface area contributed by atoms with Crippen LogP contribution in [0.1, 0.15) is 39.7 Å². The van der Waals surface area contributed by atoms with Gasteiger partial charge in [0.05, 0.1) is 31.3 Å². The molecule has 2 N–H and O–H groups in total. The van der Waals surface area contributed by atoms with Gasteiger partial charge in [-0.05, 0) is 61.0 Å². The second-order valence-electron chi connectivity index (χ2n) is 10.3. The van der Waals surface area contributed by atoms with Crippen LogP contribution in [-0.4, -0.2) is 47.9 Å². The molecule has 2 radical (unpaired) electrons. The molecular formula is C32H26BF4N5O3. The van der Waals surface area contributed by atoms with Crippen molar-refractivity contribution in [1.29, 1.82) is 0 Å². The third-order valence-electron chi connectivity index (χ3n) is 7.55. The maximum absolute atomic E-state index is 14.3. The van der Waals surface area contributed by atoms with Crippen molar-refractivity contribution in [1.82, 2.24) is 20.4 Å². The molecule has 0 saturated heterocycles. The Bertz CT molecular complexity index is 1780. The summed E-state index contributed by atoms with van der Waals surface area (Å²) in [6.45, 7) is 5.06. The molecule has 5 rings (SSSR count). The first-order valence-corrected chi connectivity index (χ1v) is 13.8. The van der Waals surface area contributed by atoms with Crippen LogP contribution in [0.5, 0.6) is 0 Å². The van der Waals surface area contributed by atoms with Crippen LogP contribution in [0.4, 0.5) is 23.4 Å². The van der Waals surface area contributed by atoms with Gasteiger partial charge in [0.25, 0.3) is 11.8 Å². The van der Waals surface area contributed by atoms with E-state index in [4.69, 9.17) is 12.9 Å². The average molecular weight is 615 g/mol. The van der Waals surface area contributed by atoms with Crippen LogP contribution in [0, 0.1) is 5.82 Å². The van der Waals surface area contributed by atoms with Gasteiger partial charge in [0.1, 0.15) is 17.7 Å². The topological polar surface area (TPSA) is 96.3 Å². The van der Waals surface area contributed by atoms with Crippen LogP contribution in [0.15, 0.2) is 91.5 Å². The van der Waals surface area contributed by atoms with Crippen molar-refractivity contribution in [3.8, 4) is 5.69 Å². The Hall–Kier alpha value is -5.20. The number of hydrogen-bond acceptors (Lipinski definition) is 4. The number of likely N-dealkylation sites (N-methyl/N-ethyl adjacent to an activating group) is 1. The monoisotopic (exact) mass is 615 g/mol. The third-order valence-corrected chi connectivity index (χ3v) is 7.55. The molecule has 0 spiro atoms. The van der Waals surface area contributed by atoms with E-state index >= 15 is 0 Å². The molecule has 2 atom stereocenters. The highest BCUT2D eigenvalue weighted by Crippen LogP contribution is 2.46. The predicted octanol–water partition coefficient (Wildman–Crippen LogP) is 4.41. The van der Waals surface area contributed by atoms with Crippen LogP contribution in [0.3, 0.4) is 0 Å². The number of nitrogens with zero attached hydrogens (tertiary/aromatic N) is 3. The minimum atomic E-state index is -4.71. The van der Waals surface area contributed by atoms with Crippen LogP contribution in [0.25, 0.3) is 5.69 Å². The van der Waals surface area contributed by atoms with Gasteiger partial charge in [-0.2, -0.15) is 18.3 Å². The van der Waals surface area contributed by atoms with Gasteiger partial charge < -0.3 is 10.6 Å². The van der Waals surface area contributed by atoms with E-state index in [2.05, 4.69) is 17.2 Å². The molecule has 1 aromatic heterocycles. The molecule has 1 aliphatic heterocycles. The van der Waals surface area contributed by atoms with Crippen molar-refractivity contribution in [2.45, 2.75) is 31.0 Å². The van der Waals surface area contributed by atoms with Crippen molar-refractivity contribution in [2.75, 3.05) is 11.4 Å². The number of fused-ring (bicyclic) bond motifs is 1. The van der Waals surface area contributed by atoms with E-state index < -0.39 is 46.6 Å². The summed E-state index contributed by atoms with van der Waals surface area (Å²) in [5, 5.41) is 8.02. The Labute approximate surface area is 257 Å². The molecule has 0 aliphatic carbocycles. The summed E-state index contributed by atoms with van der Waals surface area (Å²) in [5.41, 5.74) is -0.198. The molecular weight excluding hydrogens is 589 g/mol. The fourth-order valence-corrected chi connectivity index (χ4v) is 5.41. The number of para-hydroxylation sites is 1. The second-order valence-corrected chi connectivity index (χ2v) is 10.3. The maximum atomic E-state index is 14.3. The van der Waals surface area contributed by atoms with Crippen molar-refractivity contribution in [3.63, 3.8) is 0 Å². The Balaban J connectivity index is 1.75. The first-order valence-electron chi connectivity index (χ1n) is 13.8. The van der Waals surface area contributed by atoms with Gasteiger partial charge in [-0.3, -0.25) is 19.3 Å². The van der Waals surface area contributed by atoms with Crippen LogP contribution < -0.4 is 15.5 Å². The number of carbonyl (C=O) groups is 3. The summed E-state index contributed by atoms with van der Waals surface area (Å²) in [6.07, 6.45) is -3.65. The zero-order chi connectivity index (χ0) is 32.5. The number of rotatable bonds is 8. The molecule has 8 nitrogen and oxygen atoms in total. The largest absolute Gasteiger partial charge is 0.416 e. The molecule has 228 valence electrons. The van der Waals surface area contributed by atoms with Crippen molar-refractivity contribution >= 4 is 31.4 Å². The van der Waals surface area contributed by atoms with Gasteiger partial charge in [-0.1, -0.05) is 43.0 Å². The van der Waals surface area contributed by atoms with E-state index in [1.807, 2.05) is 0 Å². The fraction of sp³-hybridized carbons (Fsp3) is 0.188. The number of halogens is 4. The summed E-state index contributed by atoms with van der Waals surface area (Å²) < 4.78 is 56.0. The third kappa shape index (κ3) is 5.73. The van der Waals surface area contributed by atoms with Crippen LogP contribution in [0.2, 0.25) is 0 Å². The Morgan fingerprint density at radius 2 is 1.76 bits per heavy atom. The second kappa shape index (κ2) is 12.1. The number of alkyl halides is 3. The smallest absolute Gasteiger partial charge is 0.347 e. The van der Waals surface area contributed by atoms with E-state index in [0.717, 1.165) is 30.3 Å². The van der Waals surface area contributed by atoms with Gasteiger partial charge in [-0.25, -0.2) is 9.07 Å². The molecule has 4 aromatic rings. The Kier molecular flexibility index (Phi) is 8.37. The number of aromatic nitrogens is 2. The highest BCUT2D eigenvalue weighted by Gasteiger charge is 2.53. The summed E-state index contributed by atoms with van der Waals surface area (Å²) in [7, 11) is 7.20.